The third-order valence-corrected chi connectivity index (χ3v) is 4.93. The minimum absolute atomic E-state index is 0.107. The van der Waals surface area contributed by atoms with Gasteiger partial charge in [-0.1, -0.05) is 18.2 Å². The molecule has 0 atom stereocenters. The van der Waals surface area contributed by atoms with Crippen LogP contribution in [-0.4, -0.2) is 20.9 Å². The molecule has 1 amide bonds. The molecule has 6 nitrogen and oxygen atoms in total. The SMILES string of the molecule is Cc1ccc(S(=O)(=O)NCC(=O)Nc2ccccc2C#N)cc1C. The Hall–Kier alpha value is -2.69. The lowest BCUT2D eigenvalue weighted by molar-refractivity contribution is -0.115. The molecule has 7 heteroatoms. The van der Waals surface area contributed by atoms with Gasteiger partial charge in [0.1, 0.15) is 6.07 Å². The van der Waals surface area contributed by atoms with Gasteiger partial charge in [0.2, 0.25) is 15.9 Å². The maximum atomic E-state index is 12.2. The van der Waals surface area contributed by atoms with Crippen molar-refractivity contribution in [2.75, 3.05) is 11.9 Å². The number of carbonyl (C=O) groups excluding carboxylic acids is 1. The summed E-state index contributed by atoms with van der Waals surface area (Å²) in [6, 6.07) is 13.2. The summed E-state index contributed by atoms with van der Waals surface area (Å²) >= 11 is 0. The number of hydrogen-bond donors (Lipinski definition) is 2. The van der Waals surface area contributed by atoms with Crippen LogP contribution in [0.3, 0.4) is 0 Å². The van der Waals surface area contributed by atoms with Gasteiger partial charge in [0.05, 0.1) is 22.7 Å². The number of anilines is 1. The van der Waals surface area contributed by atoms with Crippen molar-refractivity contribution in [2.24, 2.45) is 0 Å². The summed E-state index contributed by atoms with van der Waals surface area (Å²) in [6.07, 6.45) is 0. The first-order chi connectivity index (χ1) is 11.3. The molecule has 0 saturated heterocycles. The van der Waals surface area contributed by atoms with E-state index in [2.05, 4.69) is 10.0 Å². The molecule has 0 spiro atoms. The molecule has 0 bridgehead atoms. The maximum absolute atomic E-state index is 12.2. The lowest BCUT2D eigenvalue weighted by Crippen LogP contribution is -2.33. The van der Waals surface area contributed by atoms with Gasteiger partial charge in [-0.2, -0.15) is 5.26 Å². The maximum Gasteiger partial charge on any atom is 0.241 e. The second kappa shape index (κ2) is 7.25. The van der Waals surface area contributed by atoms with Gasteiger partial charge in [0, 0.05) is 0 Å². The first-order valence-electron chi connectivity index (χ1n) is 7.19. The molecule has 0 aliphatic rings. The lowest BCUT2D eigenvalue weighted by Gasteiger charge is -2.10. The van der Waals surface area contributed by atoms with Crippen LogP contribution in [0.2, 0.25) is 0 Å². The number of aryl methyl sites for hydroxylation is 2. The summed E-state index contributed by atoms with van der Waals surface area (Å²) in [5, 5.41) is 11.5. The standard InChI is InChI=1S/C17H17N3O3S/c1-12-7-8-15(9-13(12)2)24(22,23)19-11-17(21)20-16-6-4-3-5-14(16)10-18/h3-9,19H,11H2,1-2H3,(H,20,21). The van der Waals surface area contributed by atoms with E-state index in [1.165, 1.54) is 6.07 Å². The minimum atomic E-state index is -3.78. The molecule has 2 aromatic carbocycles. The van der Waals surface area contributed by atoms with Crippen molar-refractivity contribution < 1.29 is 13.2 Å². The second-order valence-corrected chi connectivity index (χ2v) is 7.04. The van der Waals surface area contributed by atoms with E-state index in [-0.39, 0.29) is 4.90 Å². The highest BCUT2D eigenvalue weighted by atomic mass is 32.2. The molecule has 0 aliphatic heterocycles. The van der Waals surface area contributed by atoms with Gasteiger partial charge in [-0.05, 0) is 49.2 Å². The predicted octanol–water partition coefficient (Wildman–Crippen LogP) is 2.09. The number of nitriles is 1. The zero-order valence-electron chi connectivity index (χ0n) is 13.3. The first kappa shape index (κ1) is 17.7. The van der Waals surface area contributed by atoms with E-state index in [1.54, 1.807) is 36.4 Å². The Balaban J connectivity index is 2.05. The predicted molar refractivity (Wildman–Crippen MR) is 90.9 cm³/mol. The Morgan fingerprint density at radius 3 is 2.50 bits per heavy atom. The smallest absolute Gasteiger partial charge is 0.241 e. The largest absolute Gasteiger partial charge is 0.324 e. The Morgan fingerprint density at radius 2 is 1.83 bits per heavy atom. The quantitative estimate of drug-likeness (QED) is 0.868. The van der Waals surface area contributed by atoms with Crippen molar-refractivity contribution in [1.29, 1.82) is 5.26 Å². The molecule has 2 aromatic rings. The van der Waals surface area contributed by atoms with Gasteiger partial charge in [-0.25, -0.2) is 13.1 Å². The normalized spacial score (nSPS) is 10.9. The van der Waals surface area contributed by atoms with Crippen molar-refractivity contribution in [3.05, 3.63) is 59.2 Å². The number of benzene rings is 2. The van der Waals surface area contributed by atoms with E-state index in [0.29, 0.717) is 11.3 Å². The van der Waals surface area contributed by atoms with Gasteiger partial charge in [-0.15, -0.1) is 0 Å². The van der Waals surface area contributed by atoms with Crippen molar-refractivity contribution >= 4 is 21.6 Å². The highest BCUT2D eigenvalue weighted by Crippen LogP contribution is 2.15. The summed E-state index contributed by atoms with van der Waals surface area (Å²) in [5.74, 6) is -0.551. The summed E-state index contributed by atoms with van der Waals surface area (Å²) < 4.78 is 26.7. The molecular weight excluding hydrogens is 326 g/mol. The molecule has 124 valence electrons. The summed E-state index contributed by atoms with van der Waals surface area (Å²) in [7, 11) is -3.78. The zero-order chi connectivity index (χ0) is 17.7. The number of nitrogens with zero attached hydrogens (tertiary/aromatic N) is 1. The fourth-order valence-corrected chi connectivity index (χ4v) is 3.08. The Kier molecular flexibility index (Phi) is 5.34. The van der Waals surface area contributed by atoms with Crippen molar-refractivity contribution in [1.82, 2.24) is 4.72 Å². The van der Waals surface area contributed by atoms with E-state index >= 15 is 0 Å². The average Bonchev–Trinajstić information content (AvgIpc) is 2.56. The highest BCUT2D eigenvalue weighted by Gasteiger charge is 2.16. The van der Waals surface area contributed by atoms with E-state index < -0.39 is 22.5 Å². The molecule has 0 saturated carbocycles. The van der Waals surface area contributed by atoms with Crippen LogP contribution in [0.4, 0.5) is 5.69 Å². The van der Waals surface area contributed by atoms with Crippen LogP contribution in [0.15, 0.2) is 47.4 Å². The van der Waals surface area contributed by atoms with Crippen LogP contribution in [-0.2, 0) is 14.8 Å². The monoisotopic (exact) mass is 343 g/mol. The number of nitrogens with one attached hydrogen (secondary N) is 2. The molecule has 0 aromatic heterocycles. The molecule has 0 fully saturated rings. The molecule has 0 aliphatic carbocycles. The first-order valence-corrected chi connectivity index (χ1v) is 8.67. The van der Waals surface area contributed by atoms with Gasteiger partial charge in [0.25, 0.3) is 0 Å². The van der Waals surface area contributed by atoms with E-state index in [0.717, 1.165) is 11.1 Å². The lowest BCUT2D eigenvalue weighted by atomic mass is 10.1. The van der Waals surface area contributed by atoms with Crippen LogP contribution in [0.5, 0.6) is 0 Å². The van der Waals surface area contributed by atoms with Crippen LogP contribution in [0.25, 0.3) is 0 Å². The highest BCUT2D eigenvalue weighted by molar-refractivity contribution is 7.89. The van der Waals surface area contributed by atoms with Crippen LogP contribution < -0.4 is 10.0 Å². The topological polar surface area (TPSA) is 99.1 Å². The minimum Gasteiger partial charge on any atom is -0.324 e. The van der Waals surface area contributed by atoms with Crippen LogP contribution in [0.1, 0.15) is 16.7 Å². The van der Waals surface area contributed by atoms with Gasteiger partial charge >= 0.3 is 0 Å². The van der Waals surface area contributed by atoms with Crippen molar-refractivity contribution in [3.8, 4) is 6.07 Å². The number of amides is 1. The number of sulfonamides is 1. The fourth-order valence-electron chi connectivity index (χ4n) is 2.01. The summed E-state index contributed by atoms with van der Waals surface area (Å²) in [4.78, 5) is 12.0. The molecular formula is C17H17N3O3S. The summed E-state index contributed by atoms with van der Waals surface area (Å²) in [5.41, 5.74) is 2.49. The van der Waals surface area contributed by atoms with Crippen molar-refractivity contribution in [3.63, 3.8) is 0 Å². The Morgan fingerprint density at radius 1 is 1.12 bits per heavy atom. The molecule has 24 heavy (non-hydrogen) atoms. The van der Waals surface area contributed by atoms with Crippen LogP contribution in [0, 0.1) is 25.2 Å². The Labute approximate surface area is 141 Å². The van der Waals surface area contributed by atoms with Gasteiger partial charge < -0.3 is 5.32 Å². The van der Waals surface area contributed by atoms with E-state index in [4.69, 9.17) is 5.26 Å². The third kappa shape index (κ3) is 4.19. The summed E-state index contributed by atoms with van der Waals surface area (Å²) in [6.45, 7) is 3.29. The Bertz CT molecular complexity index is 915. The second-order valence-electron chi connectivity index (χ2n) is 5.28. The third-order valence-electron chi connectivity index (χ3n) is 3.53. The fraction of sp³-hybridized carbons (Fsp3) is 0.176. The molecule has 2 rings (SSSR count). The molecule has 0 unspecified atom stereocenters. The van der Waals surface area contributed by atoms with Crippen LogP contribution >= 0.6 is 0 Å². The van der Waals surface area contributed by atoms with E-state index in [9.17, 15) is 13.2 Å². The van der Waals surface area contributed by atoms with Gasteiger partial charge in [0.15, 0.2) is 0 Å². The molecule has 0 radical (unpaired) electrons. The number of para-hydroxylation sites is 1. The van der Waals surface area contributed by atoms with Crippen molar-refractivity contribution in [2.45, 2.75) is 18.7 Å². The number of hydrogen-bond acceptors (Lipinski definition) is 4. The van der Waals surface area contributed by atoms with Gasteiger partial charge in [-0.3, -0.25) is 4.79 Å². The number of rotatable bonds is 5. The molecule has 2 N–H and O–H groups in total. The average molecular weight is 343 g/mol. The van der Waals surface area contributed by atoms with E-state index in [1.807, 2.05) is 19.9 Å². The molecule has 0 heterocycles. The zero-order valence-corrected chi connectivity index (χ0v) is 14.1. The number of carbonyl (C=O) groups is 1.